The van der Waals surface area contributed by atoms with Crippen LogP contribution in [0.15, 0.2) is 18.2 Å². The van der Waals surface area contributed by atoms with Crippen molar-refractivity contribution in [3.63, 3.8) is 0 Å². The van der Waals surface area contributed by atoms with Crippen molar-refractivity contribution in [3.8, 4) is 0 Å². The zero-order valence-electron chi connectivity index (χ0n) is 12.0. The minimum Gasteiger partial charge on any atom is -0.377 e. The lowest BCUT2D eigenvalue weighted by atomic mass is 9.85. The summed E-state index contributed by atoms with van der Waals surface area (Å²) in [5, 5.41) is 14.2. The average Bonchev–Trinajstić information content (AvgIpc) is 2.53. The molecule has 1 aromatic rings. The lowest BCUT2D eigenvalue weighted by molar-refractivity contribution is -0.384. The summed E-state index contributed by atoms with van der Waals surface area (Å²) in [6, 6.07) is 3.92. The third kappa shape index (κ3) is 3.68. The van der Waals surface area contributed by atoms with Gasteiger partial charge in [0.05, 0.1) is 11.0 Å². The van der Waals surface area contributed by atoms with Crippen molar-refractivity contribution in [3.05, 3.63) is 34.1 Å². The molecule has 0 spiro atoms. The van der Waals surface area contributed by atoms with Crippen LogP contribution in [0, 0.1) is 21.3 Å². The molecule has 0 saturated heterocycles. The van der Waals surface area contributed by atoms with Gasteiger partial charge in [-0.1, -0.05) is 20.3 Å². The average molecular weight is 280 g/mol. The zero-order valence-corrected chi connectivity index (χ0v) is 12.0. The summed E-state index contributed by atoms with van der Waals surface area (Å²) in [4.78, 5) is 10.4. The molecule has 1 unspecified atom stereocenters. The third-order valence-electron chi connectivity index (χ3n) is 4.09. The number of hydrogen-bond donors (Lipinski definition) is 1. The maximum Gasteiger partial charge on any atom is 0.295 e. The fourth-order valence-electron chi connectivity index (χ4n) is 2.80. The number of hydrogen-bond acceptors (Lipinski definition) is 3. The third-order valence-corrected chi connectivity index (χ3v) is 4.09. The Hall–Kier alpha value is -1.65. The number of rotatable bonds is 3. The summed E-state index contributed by atoms with van der Waals surface area (Å²) in [6.45, 7) is 4.52. The predicted molar refractivity (Wildman–Crippen MR) is 77.3 cm³/mol. The first-order chi connectivity index (χ1) is 9.37. The number of benzene rings is 1. The van der Waals surface area contributed by atoms with Crippen molar-refractivity contribution in [2.45, 2.75) is 52.0 Å². The van der Waals surface area contributed by atoms with Gasteiger partial charge in [-0.3, -0.25) is 10.1 Å². The molecule has 4 nitrogen and oxygen atoms in total. The van der Waals surface area contributed by atoms with Crippen molar-refractivity contribution in [1.29, 1.82) is 0 Å². The van der Waals surface area contributed by atoms with Crippen LogP contribution in [-0.4, -0.2) is 11.0 Å². The Morgan fingerprint density at radius 1 is 1.35 bits per heavy atom. The highest BCUT2D eigenvalue weighted by atomic mass is 19.1. The van der Waals surface area contributed by atoms with E-state index in [0.717, 1.165) is 31.7 Å². The van der Waals surface area contributed by atoms with Crippen LogP contribution in [0.4, 0.5) is 15.8 Å². The van der Waals surface area contributed by atoms with Crippen LogP contribution in [-0.2, 0) is 0 Å². The maximum absolute atomic E-state index is 13.1. The monoisotopic (exact) mass is 280 g/mol. The van der Waals surface area contributed by atoms with Gasteiger partial charge in [0.15, 0.2) is 0 Å². The van der Waals surface area contributed by atoms with Crippen LogP contribution in [0.2, 0.25) is 0 Å². The van der Waals surface area contributed by atoms with Crippen molar-refractivity contribution in [2.24, 2.45) is 5.41 Å². The molecule has 1 saturated carbocycles. The molecule has 0 aromatic heterocycles. The summed E-state index contributed by atoms with van der Waals surface area (Å²) < 4.78 is 13.1. The summed E-state index contributed by atoms with van der Waals surface area (Å²) in [5.74, 6) is -0.579. The second kappa shape index (κ2) is 5.77. The second-order valence-electron chi connectivity index (χ2n) is 6.35. The Morgan fingerprint density at radius 2 is 2.10 bits per heavy atom. The minimum atomic E-state index is -0.579. The van der Waals surface area contributed by atoms with Gasteiger partial charge >= 0.3 is 0 Å². The van der Waals surface area contributed by atoms with Crippen molar-refractivity contribution < 1.29 is 9.31 Å². The molecule has 1 aliphatic carbocycles. The fourth-order valence-corrected chi connectivity index (χ4v) is 2.80. The predicted octanol–water partition coefficient (Wildman–Crippen LogP) is 4.50. The van der Waals surface area contributed by atoms with E-state index < -0.39 is 10.7 Å². The van der Waals surface area contributed by atoms with Crippen LogP contribution in [0.3, 0.4) is 0 Å². The molecular weight excluding hydrogens is 259 g/mol. The van der Waals surface area contributed by atoms with Gasteiger partial charge in [0.2, 0.25) is 0 Å². The van der Waals surface area contributed by atoms with E-state index in [2.05, 4.69) is 19.2 Å². The smallest absolute Gasteiger partial charge is 0.295 e. The van der Waals surface area contributed by atoms with E-state index in [9.17, 15) is 14.5 Å². The molecule has 1 fully saturated rings. The number of nitro benzene ring substituents is 1. The van der Waals surface area contributed by atoms with Gasteiger partial charge < -0.3 is 5.32 Å². The van der Waals surface area contributed by atoms with Crippen LogP contribution < -0.4 is 5.32 Å². The summed E-state index contributed by atoms with van der Waals surface area (Å²) in [5.41, 5.74) is 0.570. The lowest BCUT2D eigenvalue weighted by Gasteiger charge is -2.22. The number of anilines is 1. The highest BCUT2D eigenvalue weighted by molar-refractivity contribution is 5.61. The zero-order chi connectivity index (χ0) is 14.8. The molecule has 1 atom stereocenters. The van der Waals surface area contributed by atoms with E-state index in [0.29, 0.717) is 11.1 Å². The number of halogens is 1. The van der Waals surface area contributed by atoms with Gasteiger partial charge in [-0.2, -0.15) is 0 Å². The normalized spacial score (nSPS) is 22.1. The van der Waals surface area contributed by atoms with E-state index in [4.69, 9.17) is 0 Å². The molecule has 110 valence electrons. The fraction of sp³-hybridized carbons (Fsp3) is 0.600. The van der Waals surface area contributed by atoms with Gasteiger partial charge in [0.1, 0.15) is 11.5 Å². The minimum absolute atomic E-state index is 0.187. The molecule has 0 amide bonds. The molecule has 1 N–H and O–H groups in total. The summed E-state index contributed by atoms with van der Waals surface area (Å²) in [7, 11) is 0. The van der Waals surface area contributed by atoms with Gasteiger partial charge in [0, 0.05) is 6.04 Å². The topological polar surface area (TPSA) is 55.2 Å². The van der Waals surface area contributed by atoms with E-state index in [1.807, 2.05) is 0 Å². The Balaban J connectivity index is 2.12. The largest absolute Gasteiger partial charge is 0.377 e. The molecule has 20 heavy (non-hydrogen) atoms. The Bertz CT molecular complexity index is 503. The summed E-state index contributed by atoms with van der Waals surface area (Å²) >= 11 is 0. The SMILES string of the molecule is CC1(C)CCCC(Nc2ccc(F)cc2[N+](=O)[O-])CC1. The molecule has 1 aliphatic rings. The van der Waals surface area contributed by atoms with Gasteiger partial charge in [-0.15, -0.1) is 0 Å². The van der Waals surface area contributed by atoms with Crippen LogP contribution in [0.1, 0.15) is 46.0 Å². The highest BCUT2D eigenvalue weighted by Crippen LogP contribution is 2.35. The quantitative estimate of drug-likeness (QED) is 0.503. The first-order valence-electron chi connectivity index (χ1n) is 7.08. The maximum atomic E-state index is 13.1. The first kappa shape index (κ1) is 14.8. The van der Waals surface area contributed by atoms with E-state index >= 15 is 0 Å². The van der Waals surface area contributed by atoms with E-state index in [1.165, 1.54) is 18.6 Å². The molecule has 0 bridgehead atoms. The van der Waals surface area contributed by atoms with Crippen LogP contribution in [0.25, 0.3) is 0 Å². The van der Waals surface area contributed by atoms with E-state index in [-0.39, 0.29) is 11.7 Å². The number of nitro groups is 1. The van der Waals surface area contributed by atoms with Gasteiger partial charge in [0.25, 0.3) is 5.69 Å². The molecule has 0 heterocycles. The van der Waals surface area contributed by atoms with Crippen molar-refractivity contribution >= 4 is 11.4 Å². The van der Waals surface area contributed by atoms with Gasteiger partial charge in [-0.05, 0) is 43.2 Å². The molecule has 0 aliphatic heterocycles. The first-order valence-corrected chi connectivity index (χ1v) is 7.08. The Morgan fingerprint density at radius 3 is 2.80 bits per heavy atom. The standard InChI is InChI=1S/C15H21FN2O2/c1-15(2)8-3-4-12(7-9-15)17-13-6-5-11(16)10-14(13)18(19)20/h5-6,10,12,17H,3-4,7-9H2,1-2H3. The van der Waals surface area contributed by atoms with Crippen molar-refractivity contribution in [2.75, 3.05) is 5.32 Å². The van der Waals surface area contributed by atoms with Crippen LogP contribution >= 0.6 is 0 Å². The summed E-state index contributed by atoms with van der Waals surface area (Å²) in [6.07, 6.45) is 5.37. The molecule has 1 aromatic carbocycles. The van der Waals surface area contributed by atoms with Crippen LogP contribution in [0.5, 0.6) is 0 Å². The molecular formula is C15H21FN2O2. The Labute approximate surface area is 118 Å². The molecule has 0 radical (unpaired) electrons. The second-order valence-corrected chi connectivity index (χ2v) is 6.35. The number of nitrogens with one attached hydrogen (secondary N) is 1. The van der Waals surface area contributed by atoms with Crippen molar-refractivity contribution in [1.82, 2.24) is 0 Å². The number of nitrogens with zero attached hydrogens (tertiary/aromatic N) is 1. The molecule has 2 rings (SSSR count). The highest BCUT2D eigenvalue weighted by Gasteiger charge is 2.25. The molecule has 5 heteroatoms. The van der Waals surface area contributed by atoms with Gasteiger partial charge in [-0.25, -0.2) is 4.39 Å². The van der Waals surface area contributed by atoms with E-state index in [1.54, 1.807) is 0 Å². The lowest BCUT2D eigenvalue weighted by Crippen LogP contribution is -2.20. The Kier molecular flexibility index (Phi) is 4.26.